The van der Waals surface area contributed by atoms with E-state index in [-0.39, 0.29) is 19.1 Å². The Kier molecular flexibility index (Phi) is 3.83. The Morgan fingerprint density at radius 1 is 1.37 bits per heavy atom. The Balaban J connectivity index is 2.21. The Labute approximate surface area is 110 Å². The molecule has 0 spiro atoms. The van der Waals surface area contributed by atoms with Gasteiger partial charge in [0.25, 0.3) is 5.91 Å². The quantitative estimate of drug-likeness (QED) is 0.787. The average Bonchev–Trinajstić information content (AvgIpc) is 2.46. The van der Waals surface area contributed by atoms with Gasteiger partial charge in [-0.05, 0) is 30.7 Å². The lowest BCUT2D eigenvalue weighted by atomic mass is 10.1. The third kappa shape index (κ3) is 2.75. The van der Waals surface area contributed by atoms with Crippen LogP contribution in [0.1, 0.15) is 15.9 Å². The summed E-state index contributed by atoms with van der Waals surface area (Å²) in [5.74, 6) is 0.798. The Bertz CT molecular complexity index is 529. The second-order valence-electron chi connectivity index (χ2n) is 4.13. The number of aliphatic carboxylic acids is 1. The smallest absolute Gasteiger partial charge is 0.328 e. The number of carbonyl (C=O) groups excluding carboxylic acids is 1. The van der Waals surface area contributed by atoms with E-state index in [4.69, 9.17) is 16.3 Å². The molecule has 0 saturated carbocycles. The lowest BCUT2D eigenvalue weighted by Gasteiger charge is -2.32. The zero-order valence-corrected chi connectivity index (χ0v) is 10.1. The van der Waals surface area contributed by atoms with Crippen LogP contribution in [0.25, 0.3) is 0 Å². The number of rotatable bonds is 2. The van der Waals surface area contributed by atoms with E-state index in [9.17, 15) is 9.59 Å². The summed E-state index contributed by atoms with van der Waals surface area (Å²) in [6, 6.07) is 5.36. The third-order valence-corrected chi connectivity index (χ3v) is 2.95. The highest BCUT2D eigenvalue weighted by Crippen LogP contribution is 2.13. The van der Waals surface area contributed by atoms with E-state index in [1.165, 1.54) is 4.90 Å². The zero-order valence-electron chi connectivity index (χ0n) is 10.1. The first-order chi connectivity index (χ1) is 9.13. The van der Waals surface area contributed by atoms with Gasteiger partial charge in [-0.1, -0.05) is 5.92 Å². The van der Waals surface area contributed by atoms with Gasteiger partial charge >= 0.3 is 5.97 Å². The summed E-state index contributed by atoms with van der Waals surface area (Å²) in [7, 11) is 0. The minimum absolute atomic E-state index is 0.00737. The molecule has 1 aliphatic rings. The van der Waals surface area contributed by atoms with Crippen molar-refractivity contribution < 1.29 is 19.4 Å². The highest BCUT2D eigenvalue weighted by atomic mass is 16.5. The molecule has 1 fully saturated rings. The Morgan fingerprint density at radius 2 is 2.05 bits per heavy atom. The van der Waals surface area contributed by atoms with Gasteiger partial charge in [-0.15, -0.1) is 0 Å². The van der Waals surface area contributed by atoms with Gasteiger partial charge in [0.1, 0.15) is 0 Å². The fourth-order valence-electron chi connectivity index (χ4n) is 1.91. The van der Waals surface area contributed by atoms with Crippen LogP contribution in [0.15, 0.2) is 24.3 Å². The number of hydrogen-bond donors (Lipinski definition) is 1. The molecule has 2 rings (SSSR count). The second-order valence-corrected chi connectivity index (χ2v) is 4.13. The number of nitrogens with zero attached hydrogens (tertiary/aromatic N) is 1. The number of amides is 1. The van der Waals surface area contributed by atoms with Gasteiger partial charge in [-0.3, -0.25) is 4.79 Å². The number of benzene rings is 1. The lowest BCUT2D eigenvalue weighted by molar-refractivity contribution is -0.147. The predicted octanol–water partition coefficient (Wildman–Crippen LogP) is 0.550. The first kappa shape index (κ1) is 13.1. The van der Waals surface area contributed by atoms with E-state index in [1.54, 1.807) is 24.3 Å². The molecule has 97 valence electrons. The molecule has 1 aromatic carbocycles. The first-order valence-corrected chi connectivity index (χ1v) is 5.78. The molecule has 5 nitrogen and oxygen atoms in total. The molecule has 0 aromatic heterocycles. The van der Waals surface area contributed by atoms with Crippen molar-refractivity contribution in [3.8, 4) is 5.92 Å². The molecule has 1 aliphatic heterocycles. The van der Waals surface area contributed by atoms with Crippen LogP contribution in [0.5, 0.6) is 0 Å². The molecule has 0 bridgehead atoms. The summed E-state index contributed by atoms with van der Waals surface area (Å²) < 4.78 is 5.09. The van der Waals surface area contributed by atoms with Crippen molar-refractivity contribution >= 4 is 11.9 Å². The third-order valence-electron chi connectivity index (χ3n) is 2.95. The molecular weight excluding hydrogens is 246 g/mol. The number of carbonyl (C=O) groups is 2. The van der Waals surface area contributed by atoms with E-state index in [1.807, 2.05) is 0 Å². The SMILES string of the molecule is [C]#Cc1ccc(C(=O)N2CCOCC2C(=O)O)cc1. The molecule has 1 unspecified atom stereocenters. The fraction of sp³-hybridized carbons (Fsp3) is 0.286. The van der Waals surface area contributed by atoms with Crippen LogP contribution in [0.4, 0.5) is 0 Å². The molecule has 1 N–H and O–H groups in total. The van der Waals surface area contributed by atoms with E-state index >= 15 is 0 Å². The van der Waals surface area contributed by atoms with Crippen LogP contribution in [-0.2, 0) is 9.53 Å². The molecule has 1 atom stereocenters. The maximum atomic E-state index is 12.3. The number of carboxylic acid groups (broad SMARTS) is 1. The van der Waals surface area contributed by atoms with Crippen molar-refractivity contribution in [1.29, 1.82) is 0 Å². The van der Waals surface area contributed by atoms with Crippen LogP contribution in [0.3, 0.4) is 0 Å². The molecule has 1 heterocycles. The maximum absolute atomic E-state index is 12.3. The minimum atomic E-state index is -1.07. The van der Waals surface area contributed by atoms with Crippen LogP contribution in [-0.4, -0.2) is 47.7 Å². The van der Waals surface area contributed by atoms with Crippen LogP contribution in [0.2, 0.25) is 0 Å². The van der Waals surface area contributed by atoms with E-state index in [0.717, 1.165) is 0 Å². The number of ether oxygens (including phenoxy) is 1. The minimum Gasteiger partial charge on any atom is -0.480 e. The monoisotopic (exact) mass is 258 g/mol. The summed E-state index contributed by atoms with van der Waals surface area (Å²) in [5.41, 5.74) is 0.959. The van der Waals surface area contributed by atoms with Crippen molar-refractivity contribution in [2.45, 2.75) is 6.04 Å². The average molecular weight is 258 g/mol. The molecule has 0 aliphatic carbocycles. The van der Waals surface area contributed by atoms with Gasteiger partial charge in [0, 0.05) is 17.7 Å². The fourth-order valence-corrected chi connectivity index (χ4v) is 1.91. The summed E-state index contributed by atoms with van der Waals surface area (Å²) in [5, 5.41) is 9.08. The van der Waals surface area contributed by atoms with Crippen molar-refractivity contribution in [2.24, 2.45) is 0 Å². The molecule has 1 aromatic rings. The van der Waals surface area contributed by atoms with Gasteiger partial charge in [0.15, 0.2) is 6.04 Å². The lowest BCUT2D eigenvalue weighted by Crippen LogP contribution is -2.52. The summed E-state index contributed by atoms with van der Waals surface area (Å²) in [6.07, 6.45) is 6.97. The van der Waals surface area contributed by atoms with Gasteiger partial charge in [-0.25, -0.2) is 4.79 Å². The van der Waals surface area contributed by atoms with Crippen molar-refractivity contribution in [3.05, 3.63) is 41.8 Å². The highest BCUT2D eigenvalue weighted by Gasteiger charge is 2.33. The van der Waals surface area contributed by atoms with Crippen molar-refractivity contribution in [3.63, 3.8) is 0 Å². The van der Waals surface area contributed by atoms with Gasteiger partial charge in [0.05, 0.1) is 13.2 Å². The summed E-state index contributed by atoms with van der Waals surface area (Å²) in [6.45, 7) is 0.601. The van der Waals surface area contributed by atoms with Crippen molar-refractivity contribution in [1.82, 2.24) is 4.90 Å². The summed E-state index contributed by atoms with van der Waals surface area (Å²) in [4.78, 5) is 24.6. The largest absolute Gasteiger partial charge is 0.480 e. The Morgan fingerprint density at radius 3 is 2.63 bits per heavy atom. The molecular formula is C14H12NO4. The standard InChI is InChI=1S/C14H12NO4/c1-2-10-3-5-11(6-4-10)13(16)15-7-8-19-9-12(15)14(17)18/h3-6,12H,7-9H2,(H,17,18). The topological polar surface area (TPSA) is 66.8 Å². The van der Waals surface area contributed by atoms with E-state index in [0.29, 0.717) is 17.7 Å². The summed E-state index contributed by atoms with van der Waals surface area (Å²) >= 11 is 0. The van der Waals surface area contributed by atoms with Crippen LogP contribution >= 0.6 is 0 Å². The number of carboxylic acids is 1. The van der Waals surface area contributed by atoms with Gasteiger partial charge in [0.2, 0.25) is 0 Å². The molecule has 5 heteroatoms. The maximum Gasteiger partial charge on any atom is 0.328 e. The van der Waals surface area contributed by atoms with E-state index in [2.05, 4.69) is 5.92 Å². The first-order valence-electron chi connectivity index (χ1n) is 5.78. The van der Waals surface area contributed by atoms with Crippen LogP contribution in [0, 0.1) is 12.3 Å². The number of hydrogen-bond acceptors (Lipinski definition) is 3. The molecule has 19 heavy (non-hydrogen) atoms. The number of morpholine rings is 1. The zero-order chi connectivity index (χ0) is 13.8. The van der Waals surface area contributed by atoms with Gasteiger partial charge in [-0.2, -0.15) is 0 Å². The van der Waals surface area contributed by atoms with E-state index < -0.39 is 12.0 Å². The van der Waals surface area contributed by atoms with Crippen LogP contribution < -0.4 is 0 Å². The van der Waals surface area contributed by atoms with Gasteiger partial charge < -0.3 is 14.7 Å². The molecule has 1 amide bonds. The predicted molar refractivity (Wildman–Crippen MR) is 66.0 cm³/mol. The normalized spacial score (nSPS) is 18.7. The van der Waals surface area contributed by atoms with Crippen molar-refractivity contribution in [2.75, 3.05) is 19.8 Å². The Hall–Kier alpha value is -2.32. The second kappa shape index (κ2) is 5.55. The molecule has 1 radical (unpaired) electrons. The highest BCUT2D eigenvalue weighted by molar-refractivity contribution is 5.96. The molecule has 1 saturated heterocycles.